The number of fused-ring (bicyclic) bond motifs is 2. The van der Waals surface area contributed by atoms with Gasteiger partial charge in [-0.25, -0.2) is 14.4 Å². The highest BCUT2D eigenvalue weighted by Crippen LogP contribution is 2.30. The van der Waals surface area contributed by atoms with Crippen molar-refractivity contribution in [2.45, 2.75) is 31.7 Å². The van der Waals surface area contributed by atoms with Gasteiger partial charge in [-0.3, -0.25) is 9.58 Å². The Bertz CT molecular complexity index is 1690. The smallest absolute Gasteiger partial charge is 0.142 e. The van der Waals surface area contributed by atoms with E-state index in [9.17, 15) is 9.50 Å². The molecule has 1 saturated heterocycles. The fourth-order valence-corrected chi connectivity index (χ4v) is 5.21. The first-order chi connectivity index (χ1) is 19.1. The number of nitrogens with one attached hydrogen (secondary N) is 1. The number of piperidine rings is 1. The first-order valence-electron chi connectivity index (χ1n) is 12.7. The Kier molecular flexibility index (Phi) is 6.76. The topological polar surface area (TPSA) is 128 Å². The Morgan fingerprint density at radius 3 is 2.85 bits per heavy atom. The molecule has 0 saturated carbocycles. The number of β-amino-alcohol motifs (C(OH)–C–C–N with tert-alkyl or cyclic N) is 1. The second-order valence-electron chi connectivity index (χ2n) is 9.73. The van der Waals surface area contributed by atoms with Gasteiger partial charge in [-0.2, -0.15) is 5.10 Å². The summed E-state index contributed by atoms with van der Waals surface area (Å²) in [5, 5.41) is 24.0. The van der Waals surface area contributed by atoms with E-state index in [1.807, 2.05) is 47.1 Å². The molecule has 0 amide bonds. The number of aromatic nitrogens is 4. The molecule has 11 heteroatoms. The molecule has 1 aliphatic heterocycles. The van der Waals surface area contributed by atoms with Crippen molar-refractivity contribution in [2.24, 2.45) is 5.11 Å². The average molecular weight is 524 g/mol. The highest BCUT2D eigenvalue weighted by atomic mass is 19.1. The molecule has 2 N–H and O–H groups in total. The number of aliphatic hydroxyl groups is 1. The van der Waals surface area contributed by atoms with Crippen molar-refractivity contribution in [1.82, 2.24) is 24.6 Å². The Hall–Kier alpha value is -4.57. The number of halogens is 1. The monoisotopic (exact) mass is 523 g/mol. The minimum atomic E-state index is -0.702. The van der Waals surface area contributed by atoms with Gasteiger partial charge in [-0.1, -0.05) is 29.4 Å². The molecule has 3 aromatic carbocycles. The van der Waals surface area contributed by atoms with Crippen molar-refractivity contribution in [3.05, 3.63) is 101 Å². The van der Waals surface area contributed by atoms with Gasteiger partial charge in [0.05, 0.1) is 35.9 Å². The third-order valence-electron chi connectivity index (χ3n) is 7.10. The molecule has 0 bridgehead atoms. The summed E-state index contributed by atoms with van der Waals surface area (Å²) in [6, 6.07) is 18.1. The van der Waals surface area contributed by atoms with E-state index in [4.69, 9.17) is 5.53 Å². The van der Waals surface area contributed by atoms with E-state index in [0.717, 1.165) is 38.6 Å². The van der Waals surface area contributed by atoms with E-state index in [0.29, 0.717) is 38.4 Å². The largest absolute Gasteiger partial charge is 0.391 e. The Labute approximate surface area is 223 Å². The van der Waals surface area contributed by atoms with Gasteiger partial charge in [0.1, 0.15) is 18.0 Å². The molecule has 1 fully saturated rings. The minimum absolute atomic E-state index is 0.263. The van der Waals surface area contributed by atoms with Crippen molar-refractivity contribution in [3.8, 4) is 0 Å². The maximum atomic E-state index is 13.6. The number of azide groups is 1. The van der Waals surface area contributed by atoms with Crippen molar-refractivity contribution >= 4 is 33.3 Å². The summed E-state index contributed by atoms with van der Waals surface area (Å²) in [6.07, 6.45) is 3.24. The van der Waals surface area contributed by atoms with E-state index in [1.165, 1.54) is 12.1 Å². The first kappa shape index (κ1) is 24.7. The molecule has 3 heterocycles. The molecule has 0 spiro atoms. The maximum absolute atomic E-state index is 13.6. The fraction of sp³-hybridized carbons (Fsp3) is 0.250. The maximum Gasteiger partial charge on any atom is 0.142 e. The summed E-state index contributed by atoms with van der Waals surface area (Å²) < 4.78 is 15.5. The molecular formula is C28H26FN9O. The predicted octanol–water partition coefficient (Wildman–Crippen LogP) is 5.16. The van der Waals surface area contributed by atoms with Crippen LogP contribution in [0.25, 0.3) is 32.2 Å². The van der Waals surface area contributed by atoms with Crippen molar-refractivity contribution in [2.75, 3.05) is 18.4 Å². The first-order valence-corrected chi connectivity index (χ1v) is 12.7. The highest BCUT2D eigenvalue weighted by Gasteiger charge is 2.27. The Balaban J connectivity index is 1.25. The van der Waals surface area contributed by atoms with Gasteiger partial charge in [0, 0.05) is 34.5 Å². The molecule has 0 radical (unpaired) electrons. The predicted molar refractivity (Wildman–Crippen MR) is 147 cm³/mol. The SMILES string of the molecule is [N-]=[N+]=N[C@@H]1CCN(Cc2cccc3ncnc(Nc4ccc5c(cnn5Cc5cccc(F)c5)c4)c23)C[C@H]1O. The lowest BCUT2D eigenvalue weighted by molar-refractivity contribution is 0.0503. The van der Waals surface area contributed by atoms with Gasteiger partial charge >= 0.3 is 0 Å². The minimum Gasteiger partial charge on any atom is -0.391 e. The summed E-state index contributed by atoms with van der Waals surface area (Å²) in [7, 11) is 0. The summed E-state index contributed by atoms with van der Waals surface area (Å²) >= 11 is 0. The Morgan fingerprint density at radius 2 is 2.00 bits per heavy atom. The summed E-state index contributed by atoms with van der Waals surface area (Å²) in [6.45, 7) is 2.21. The number of benzene rings is 3. The van der Waals surface area contributed by atoms with Gasteiger partial charge in [0.2, 0.25) is 0 Å². The zero-order valence-corrected chi connectivity index (χ0v) is 21.0. The molecule has 2 aromatic heterocycles. The lowest BCUT2D eigenvalue weighted by Gasteiger charge is -2.34. The molecular weight excluding hydrogens is 497 g/mol. The normalized spacial score (nSPS) is 17.8. The van der Waals surface area contributed by atoms with Crippen LogP contribution in [-0.2, 0) is 13.1 Å². The van der Waals surface area contributed by atoms with Crippen molar-refractivity contribution < 1.29 is 9.50 Å². The van der Waals surface area contributed by atoms with Gasteiger partial charge < -0.3 is 10.4 Å². The standard InChI is InChI=1S/C28H26FN9O/c29-21-5-1-3-18(11-21)14-38-25-8-7-22(12-20(25)13-33-38)34-28-27-19(4-2-6-24(27)31-17-32-28)15-37-10-9-23(35-36-30)26(39)16-37/h1-8,11-13,17,23,26,39H,9-10,14-16H2,(H,31,32,34)/t23-,26-/m1/s1. The Morgan fingerprint density at radius 1 is 1.10 bits per heavy atom. The third kappa shape index (κ3) is 5.23. The van der Waals surface area contributed by atoms with E-state index in [1.54, 1.807) is 18.6 Å². The van der Waals surface area contributed by atoms with Crippen LogP contribution in [0.3, 0.4) is 0 Å². The van der Waals surface area contributed by atoms with E-state index in [-0.39, 0.29) is 5.82 Å². The van der Waals surface area contributed by atoms with Crippen LogP contribution in [0, 0.1) is 5.82 Å². The molecule has 2 atom stereocenters. The number of anilines is 2. The quantitative estimate of drug-likeness (QED) is 0.172. The number of hydrogen-bond acceptors (Lipinski definition) is 7. The number of likely N-dealkylation sites (tertiary alicyclic amines) is 1. The second-order valence-corrected chi connectivity index (χ2v) is 9.73. The highest BCUT2D eigenvalue weighted by molar-refractivity contribution is 5.94. The van der Waals surface area contributed by atoms with E-state index in [2.05, 4.69) is 35.3 Å². The molecule has 6 rings (SSSR count). The zero-order chi connectivity index (χ0) is 26.8. The lowest BCUT2D eigenvalue weighted by Crippen LogP contribution is -2.45. The van der Waals surface area contributed by atoms with Gasteiger partial charge in [0.25, 0.3) is 0 Å². The van der Waals surface area contributed by atoms with Gasteiger partial charge in [-0.15, -0.1) is 0 Å². The van der Waals surface area contributed by atoms with Crippen LogP contribution in [-0.4, -0.2) is 55.0 Å². The fourth-order valence-electron chi connectivity index (χ4n) is 5.21. The summed E-state index contributed by atoms with van der Waals surface area (Å²) in [5.41, 5.74) is 13.2. The molecule has 196 valence electrons. The van der Waals surface area contributed by atoms with Crippen LogP contribution in [0.1, 0.15) is 17.5 Å². The zero-order valence-electron chi connectivity index (χ0n) is 21.0. The molecule has 0 aliphatic carbocycles. The van der Waals surface area contributed by atoms with Crippen LogP contribution < -0.4 is 5.32 Å². The van der Waals surface area contributed by atoms with Crippen LogP contribution in [0.5, 0.6) is 0 Å². The summed E-state index contributed by atoms with van der Waals surface area (Å²) in [4.78, 5) is 14.0. The molecule has 39 heavy (non-hydrogen) atoms. The molecule has 5 aromatic rings. The molecule has 1 aliphatic rings. The number of hydrogen-bond donors (Lipinski definition) is 2. The van der Waals surface area contributed by atoms with Crippen molar-refractivity contribution in [1.29, 1.82) is 0 Å². The average Bonchev–Trinajstić information content (AvgIpc) is 3.32. The molecule has 10 nitrogen and oxygen atoms in total. The van der Waals surface area contributed by atoms with E-state index < -0.39 is 12.1 Å². The third-order valence-corrected chi connectivity index (χ3v) is 7.10. The van der Waals surface area contributed by atoms with Crippen LogP contribution in [0.15, 0.2) is 78.3 Å². The van der Waals surface area contributed by atoms with Gasteiger partial charge in [-0.05, 0) is 66.0 Å². The van der Waals surface area contributed by atoms with Crippen LogP contribution in [0.4, 0.5) is 15.9 Å². The number of rotatable bonds is 7. The lowest BCUT2D eigenvalue weighted by atomic mass is 10.0. The molecule has 0 unspecified atom stereocenters. The van der Waals surface area contributed by atoms with Crippen molar-refractivity contribution in [3.63, 3.8) is 0 Å². The number of aliphatic hydroxyl groups excluding tert-OH is 1. The second kappa shape index (κ2) is 10.7. The van der Waals surface area contributed by atoms with Crippen LogP contribution >= 0.6 is 0 Å². The van der Waals surface area contributed by atoms with Gasteiger partial charge in [0.15, 0.2) is 0 Å². The van der Waals surface area contributed by atoms with Crippen LogP contribution in [0.2, 0.25) is 0 Å². The summed E-state index contributed by atoms with van der Waals surface area (Å²) in [5.74, 6) is 0.423. The van der Waals surface area contributed by atoms with E-state index >= 15 is 0 Å². The number of nitrogens with zero attached hydrogens (tertiary/aromatic N) is 8.